The van der Waals surface area contributed by atoms with Crippen molar-refractivity contribution in [2.45, 2.75) is 45.4 Å². The largest absolute Gasteiger partial charge is 0.374 e. The minimum atomic E-state index is 0.0328. The molecule has 0 N–H and O–H groups in total. The Kier molecular flexibility index (Phi) is 5.71. The lowest BCUT2D eigenvalue weighted by atomic mass is 10.1. The van der Waals surface area contributed by atoms with Crippen molar-refractivity contribution in [1.29, 1.82) is 0 Å². The number of hydrogen-bond donors (Lipinski definition) is 0. The third kappa shape index (κ3) is 4.40. The van der Waals surface area contributed by atoms with Crippen LogP contribution in [0.15, 0.2) is 0 Å². The van der Waals surface area contributed by atoms with Gasteiger partial charge in [-0.2, -0.15) is 0 Å². The predicted octanol–water partition coefficient (Wildman–Crippen LogP) is 2.04. The molecule has 0 aromatic rings. The summed E-state index contributed by atoms with van der Waals surface area (Å²) >= 11 is 5.99. The zero-order valence-electron chi connectivity index (χ0n) is 11.9. The second-order valence-electron chi connectivity index (χ2n) is 5.91. The van der Waals surface area contributed by atoms with Gasteiger partial charge in [0.25, 0.3) is 0 Å². The van der Waals surface area contributed by atoms with Crippen LogP contribution in [-0.4, -0.2) is 66.7 Å². The molecule has 0 aromatic heterocycles. The van der Waals surface area contributed by atoms with Gasteiger partial charge in [-0.25, -0.2) is 0 Å². The van der Waals surface area contributed by atoms with E-state index >= 15 is 0 Å². The van der Waals surface area contributed by atoms with Gasteiger partial charge in [0.15, 0.2) is 0 Å². The van der Waals surface area contributed by atoms with Crippen molar-refractivity contribution >= 4 is 11.6 Å². The second kappa shape index (κ2) is 6.37. The molecule has 0 radical (unpaired) electrons. The van der Waals surface area contributed by atoms with Gasteiger partial charge in [0.05, 0.1) is 12.7 Å². The van der Waals surface area contributed by atoms with Crippen molar-refractivity contribution in [1.82, 2.24) is 9.80 Å². The first-order valence-electron chi connectivity index (χ1n) is 6.49. The number of rotatable bonds is 5. The Morgan fingerprint density at radius 2 is 2.12 bits per heavy atom. The molecule has 1 atom stereocenters. The minimum Gasteiger partial charge on any atom is -0.374 e. The third-order valence-electron chi connectivity index (χ3n) is 3.74. The Morgan fingerprint density at radius 3 is 2.65 bits per heavy atom. The Bertz CT molecular complexity index is 233. The quantitative estimate of drug-likeness (QED) is 0.706. The Balaban J connectivity index is 2.46. The first kappa shape index (κ1) is 15.2. The molecule has 1 rings (SSSR count). The van der Waals surface area contributed by atoms with Crippen LogP contribution in [0.25, 0.3) is 0 Å². The fourth-order valence-electron chi connectivity index (χ4n) is 1.98. The maximum absolute atomic E-state index is 5.99. The van der Waals surface area contributed by atoms with E-state index in [-0.39, 0.29) is 5.54 Å². The third-order valence-corrected chi connectivity index (χ3v) is 4.39. The Hall–Kier alpha value is 0.170. The van der Waals surface area contributed by atoms with E-state index in [0.29, 0.717) is 18.0 Å². The van der Waals surface area contributed by atoms with E-state index in [2.05, 4.69) is 44.5 Å². The lowest BCUT2D eigenvalue weighted by Crippen LogP contribution is -2.53. The molecule has 1 fully saturated rings. The smallest absolute Gasteiger partial charge is 0.0829 e. The van der Waals surface area contributed by atoms with E-state index in [9.17, 15) is 0 Å². The van der Waals surface area contributed by atoms with Gasteiger partial charge >= 0.3 is 0 Å². The molecule has 0 amide bonds. The van der Waals surface area contributed by atoms with Crippen LogP contribution in [0.3, 0.4) is 0 Å². The normalized spacial score (nSPS) is 23.6. The molecule has 1 aliphatic heterocycles. The number of morpholine rings is 1. The summed E-state index contributed by atoms with van der Waals surface area (Å²) < 4.78 is 5.84. The van der Waals surface area contributed by atoms with Crippen LogP contribution in [0.4, 0.5) is 0 Å². The van der Waals surface area contributed by atoms with Crippen LogP contribution in [0.1, 0.15) is 27.7 Å². The standard InChI is InChI=1S/C13H27ClN2O/c1-11(2)16-6-7-17-12(9-16)8-15(5)13(3,4)10-14/h11-12H,6-10H2,1-5H3. The maximum atomic E-state index is 5.99. The SMILES string of the molecule is CC(C)N1CCOC(CN(C)C(C)(C)CCl)C1. The maximum Gasteiger partial charge on any atom is 0.0829 e. The van der Waals surface area contributed by atoms with E-state index in [4.69, 9.17) is 16.3 Å². The zero-order chi connectivity index (χ0) is 13.1. The van der Waals surface area contributed by atoms with Crippen molar-refractivity contribution in [3.8, 4) is 0 Å². The Morgan fingerprint density at radius 1 is 1.47 bits per heavy atom. The topological polar surface area (TPSA) is 15.7 Å². The average Bonchev–Trinajstić information content (AvgIpc) is 2.29. The number of ether oxygens (including phenoxy) is 1. The lowest BCUT2D eigenvalue weighted by molar-refractivity contribution is -0.0578. The fraction of sp³-hybridized carbons (Fsp3) is 1.00. The van der Waals surface area contributed by atoms with Crippen molar-refractivity contribution < 1.29 is 4.74 Å². The van der Waals surface area contributed by atoms with Gasteiger partial charge in [-0.05, 0) is 34.7 Å². The number of halogens is 1. The van der Waals surface area contributed by atoms with Crippen molar-refractivity contribution in [2.75, 3.05) is 39.2 Å². The van der Waals surface area contributed by atoms with E-state index in [1.165, 1.54) is 0 Å². The van der Waals surface area contributed by atoms with Gasteiger partial charge in [-0.3, -0.25) is 9.80 Å². The van der Waals surface area contributed by atoms with Crippen LogP contribution in [0.5, 0.6) is 0 Å². The van der Waals surface area contributed by atoms with E-state index < -0.39 is 0 Å². The molecule has 1 aliphatic rings. The van der Waals surface area contributed by atoms with E-state index in [1.54, 1.807) is 0 Å². The molecule has 17 heavy (non-hydrogen) atoms. The molecule has 1 unspecified atom stereocenters. The minimum absolute atomic E-state index is 0.0328. The van der Waals surface area contributed by atoms with Gasteiger partial charge in [-0.1, -0.05) is 0 Å². The predicted molar refractivity (Wildman–Crippen MR) is 73.9 cm³/mol. The van der Waals surface area contributed by atoms with Crippen molar-refractivity contribution in [3.63, 3.8) is 0 Å². The Labute approximate surface area is 111 Å². The summed E-state index contributed by atoms with van der Waals surface area (Å²) in [6.07, 6.45) is 0.304. The molecule has 102 valence electrons. The molecule has 0 bridgehead atoms. The van der Waals surface area contributed by atoms with Gasteiger partial charge in [-0.15, -0.1) is 11.6 Å². The van der Waals surface area contributed by atoms with Crippen LogP contribution in [0, 0.1) is 0 Å². The molecule has 1 heterocycles. The number of likely N-dealkylation sites (N-methyl/N-ethyl adjacent to an activating group) is 1. The fourth-order valence-corrected chi connectivity index (χ4v) is 2.18. The highest BCUT2D eigenvalue weighted by Gasteiger charge is 2.28. The van der Waals surface area contributed by atoms with E-state index in [0.717, 1.165) is 26.2 Å². The molecule has 0 aliphatic carbocycles. The number of alkyl halides is 1. The summed E-state index contributed by atoms with van der Waals surface area (Å²) in [6, 6.07) is 0.604. The van der Waals surface area contributed by atoms with Gasteiger partial charge in [0.1, 0.15) is 0 Å². The summed E-state index contributed by atoms with van der Waals surface area (Å²) in [4.78, 5) is 4.78. The first-order valence-corrected chi connectivity index (χ1v) is 7.03. The molecular weight excluding hydrogens is 236 g/mol. The highest BCUT2D eigenvalue weighted by Crippen LogP contribution is 2.17. The van der Waals surface area contributed by atoms with Gasteiger partial charge < -0.3 is 4.74 Å². The monoisotopic (exact) mass is 262 g/mol. The molecule has 3 nitrogen and oxygen atoms in total. The zero-order valence-corrected chi connectivity index (χ0v) is 12.6. The molecule has 1 saturated heterocycles. The molecular formula is C13H27ClN2O. The second-order valence-corrected chi connectivity index (χ2v) is 6.18. The summed E-state index contributed by atoms with van der Waals surface area (Å²) in [6.45, 7) is 12.7. The van der Waals surface area contributed by atoms with Crippen molar-refractivity contribution in [3.05, 3.63) is 0 Å². The summed E-state index contributed by atoms with van der Waals surface area (Å²) in [5, 5.41) is 0. The van der Waals surface area contributed by atoms with Crippen LogP contribution in [-0.2, 0) is 4.74 Å². The highest BCUT2D eigenvalue weighted by atomic mass is 35.5. The lowest BCUT2D eigenvalue weighted by Gasteiger charge is -2.40. The number of nitrogens with zero attached hydrogens (tertiary/aromatic N) is 2. The van der Waals surface area contributed by atoms with Crippen molar-refractivity contribution in [2.24, 2.45) is 0 Å². The molecule has 0 saturated carbocycles. The van der Waals surface area contributed by atoms with Gasteiger partial charge in [0.2, 0.25) is 0 Å². The van der Waals surface area contributed by atoms with E-state index in [1.807, 2.05) is 0 Å². The number of hydrogen-bond acceptors (Lipinski definition) is 3. The highest BCUT2D eigenvalue weighted by molar-refractivity contribution is 6.18. The van der Waals surface area contributed by atoms with Crippen LogP contribution < -0.4 is 0 Å². The summed E-state index contributed by atoms with van der Waals surface area (Å²) in [5.74, 6) is 0.643. The molecule has 0 aromatic carbocycles. The average molecular weight is 263 g/mol. The molecule has 4 heteroatoms. The molecule has 0 spiro atoms. The summed E-state index contributed by atoms with van der Waals surface area (Å²) in [7, 11) is 2.13. The van der Waals surface area contributed by atoms with Crippen LogP contribution in [0.2, 0.25) is 0 Å². The van der Waals surface area contributed by atoms with Crippen LogP contribution >= 0.6 is 11.6 Å². The first-order chi connectivity index (χ1) is 7.86. The summed E-state index contributed by atoms with van der Waals surface area (Å²) in [5.41, 5.74) is 0.0328. The van der Waals surface area contributed by atoms with Gasteiger partial charge in [0, 0.05) is 37.1 Å².